The van der Waals surface area contributed by atoms with Gasteiger partial charge in [-0.2, -0.15) is 0 Å². The Labute approximate surface area is 134 Å². The molecule has 3 aromatic rings. The second kappa shape index (κ2) is 6.00. The minimum absolute atomic E-state index is 0.304. The predicted molar refractivity (Wildman–Crippen MR) is 91.1 cm³/mol. The second-order valence-corrected chi connectivity index (χ2v) is 5.23. The summed E-state index contributed by atoms with van der Waals surface area (Å²) in [5.41, 5.74) is 3.27. The monoisotopic (exact) mass is 310 g/mol. The zero-order valence-corrected chi connectivity index (χ0v) is 13.3. The number of benzene rings is 2. The van der Waals surface area contributed by atoms with Gasteiger partial charge in [0.25, 0.3) is 0 Å². The van der Waals surface area contributed by atoms with Gasteiger partial charge in [0.2, 0.25) is 0 Å². The summed E-state index contributed by atoms with van der Waals surface area (Å²) in [6, 6.07) is 12.5. The standard InChI is InChI=1S/C17H18N4O2/c1-11-18-15-10-13(6-9-16(15)21(11)2)20-17(22)19-12-4-7-14(23-3)8-5-12/h4-10H,1-3H3,(H2,19,20,22). The van der Waals surface area contributed by atoms with E-state index in [4.69, 9.17) is 4.74 Å². The third-order valence-corrected chi connectivity index (χ3v) is 3.71. The van der Waals surface area contributed by atoms with Crippen LogP contribution in [0.2, 0.25) is 0 Å². The van der Waals surface area contributed by atoms with Crippen LogP contribution in [0.4, 0.5) is 16.2 Å². The van der Waals surface area contributed by atoms with Crippen LogP contribution >= 0.6 is 0 Å². The molecule has 0 saturated heterocycles. The molecular formula is C17H18N4O2. The molecule has 0 aliphatic heterocycles. The van der Waals surface area contributed by atoms with E-state index in [0.29, 0.717) is 11.4 Å². The van der Waals surface area contributed by atoms with Crippen LogP contribution in [-0.4, -0.2) is 22.7 Å². The van der Waals surface area contributed by atoms with Crippen molar-refractivity contribution < 1.29 is 9.53 Å². The Morgan fingerprint density at radius 3 is 2.43 bits per heavy atom. The molecule has 2 N–H and O–H groups in total. The van der Waals surface area contributed by atoms with Crippen LogP contribution in [0.15, 0.2) is 42.5 Å². The van der Waals surface area contributed by atoms with Gasteiger partial charge in [0, 0.05) is 18.4 Å². The molecule has 0 fully saturated rings. The molecule has 0 aliphatic carbocycles. The van der Waals surface area contributed by atoms with Crippen molar-refractivity contribution in [2.24, 2.45) is 7.05 Å². The van der Waals surface area contributed by atoms with E-state index in [0.717, 1.165) is 22.6 Å². The number of fused-ring (bicyclic) bond motifs is 1. The number of carbonyl (C=O) groups excluding carboxylic acids is 1. The molecule has 0 atom stereocenters. The van der Waals surface area contributed by atoms with E-state index in [2.05, 4.69) is 15.6 Å². The molecule has 23 heavy (non-hydrogen) atoms. The zero-order chi connectivity index (χ0) is 16.4. The quantitative estimate of drug-likeness (QED) is 0.777. The molecule has 2 amide bonds. The number of nitrogens with zero attached hydrogens (tertiary/aromatic N) is 2. The van der Waals surface area contributed by atoms with Crippen LogP contribution in [0.5, 0.6) is 5.75 Å². The van der Waals surface area contributed by atoms with Gasteiger partial charge >= 0.3 is 6.03 Å². The highest BCUT2D eigenvalue weighted by atomic mass is 16.5. The molecular weight excluding hydrogens is 292 g/mol. The Hall–Kier alpha value is -3.02. The van der Waals surface area contributed by atoms with Crippen LogP contribution in [0.3, 0.4) is 0 Å². The summed E-state index contributed by atoms with van der Waals surface area (Å²) in [4.78, 5) is 16.5. The van der Waals surface area contributed by atoms with Crippen molar-refractivity contribution in [3.63, 3.8) is 0 Å². The highest BCUT2D eigenvalue weighted by Gasteiger charge is 2.07. The Morgan fingerprint density at radius 1 is 1.09 bits per heavy atom. The van der Waals surface area contributed by atoms with Crippen LogP contribution in [-0.2, 0) is 7.05 Å². The number of rotatable bonds is 3. The fourth-order valence-electron chi connectivity index (χ4n) is 2.37. The summed E-state index contributed by atoms with van der Waals surface area (Å²) in [6.45, 7) is 1.95. The number of hydrogen-bond donors (Lipinski definition) is 2. The summed E-state index contributed by atoms with van der Waals surface area (Å²) >= 11 is 0. The highest BCUT2D eigenvalue weighted by Crippen LogP contribution is 2.20. The topological polar surface area (TPSA) is 68.2 Å². The van der Waals surface area contributed by atoms with E-state index >= 15 is 0 Å². The molecule has 2 aromatic carbocycles. The van der Waals surface area contributed by atoms with Crippen molar-refractivity contribution in [3.05, 3.63) is 48.3 Å². The van der Waals surface area contributed by atoms with Crippen molar-refractivity contribution in [1.82, 2.24) is 9.55 Å². The average Bonchev–Trinajstić information content (AvgIpc) is 2.82. The first-order valence-corrected chi connectivity index (χ1v) is 7.22. The number of methoxy groups -OCH3 is 1. The molecule has 6 heteroatoms. The normalized spacial score (nSPS) is 10.6. The maximum Gasteiger partial charge on any atom is 0.323 e. The number of nitrogens with one attached hydrogen (secondary N) is 2. The Balaban J connectivity index is 1.71. The minimum atomic E-state index is -0.304. The Morgan fingerprint density at radius 2 is 1.74 bits per heavy atom. The Bertz CT molecular complexity index is 853. The number of amides is 2. The summed E-state index contributed by atoms with van der Waals surface area (Å²) in [7, 11) is 3.57. The fraction of sp³-hybridized carbons (Fsp3) is 0.176. The molecule has 0 radical (unpaired) electrons. The Kier molecular flexibility index (Phi) is 3.89. The van der Waals surface area contributed by atoms with Crippen molar-refractivity contribution >= 4 is 28.4 Å². The highest BCUT2D eigenvalue weighted by molar-refractivity contribution is 6.00. The lowest BCUT2D eigenvalue weighted by atomic mass is 10.2. The summed E-state index contributed by atoms with van der Waals surface area (Å²) < 4.78 is 7.10. The number of ether oxygens (including phenoxy) is 1. The maximum absolute atomic E-state index is 12.1. The lowest BCUT2D eigenvalue weighted by molar-refractivity contribution is 0.262. The molecule has 6 nitrogen and oxygen atoms in total. The molecule has 3 rings (SSSR count). The fourth-order valence-corrected chi connectivity index (χ4v) is 2.37. The average molecular weight is 310 g/mol. The van der Waals surface area contributed by atoms with Gasteiger partial charge in [0.05, 0.1) is 18.1 Å². The first-order chi connectivity index (χ1) is 11.1. The van der Waals surface area contributed by atoms with Crippen LogP contribution in [0, 0.1) is 6.92 Å². The van der Waals surface area contributed by atoms with E-state index in [1.54, 1.807) is 31.4 Å². The SMILES string of the molecule is COc1ccc(NC(=O)Nc2ccc3c(c2)nc(C)n3C)cc1. The number of hydrogen-bond acceptors (Lipinski definition) is 3. The number of aromatic nitrogens is 2. The van der Waals surface area contributed by atoms with E-state index in [1.165, 1.54) is 0 Å². The van der Waals surface area contributed by atoms with Gasteiger partial charge < -0.3 is 19.9 Å². The molecule has 0 spiro atoms. The number of urea groups is 1. The summed E-state index contributed by atoms with van der Waals surface area (Å²) in [5.74, 6) is 1.67. The van der Waals surface area contributed by atoms with Gasteiger partial charge in [-0.1, -0.05) is 0 Å². The summed E-state index contributed by atoms with van der Waals surface area (Å²) in [5, 5.41) is 5.58. The maximum atomic E-state index is 12.1. The third kappa shape index (κ3) is 3.11. The van der Waals surface area contributed by atoms with Crippen LogP contribution in [0.25, 0.3) is 11.0 Å². The molecule has 0 bridgehead atoms. The van der Waals surface area contributed by atoms with Crippen molar-refractivity contribution in [3.8, 4) is 5.75 Å². The van der Waals surface area contributed by atoms with Gasteiger partial charge in [-0.3, -0.25) is 0 Å². The minimum Gasteiger partial charge on any atom is -0.497 e. The van der Waals surface area contributed by atoms with Crippen molar-refractivity contribution in [2.45, 2.75) is 6.92 Å². The lowest BCUT2D eigenvalue weighted by Crippen LogP contribution is -2.19. The van der Waals surface area contributed by atoms with E-state index in [1.807, 2.05) is 36.7 Å². The van der Waals surface area contributed by atoms with Gasteiger partial charge in [-0.15, -0.1) is 0 Å². The van der Waals surface area contributed by atoms with E-state index in [-0.39, 0.29) is 6.03 Å². The van der Waals surface area contributed by atoms with Crippen molar-refractivity contribution in [2.75, 3.05) is 17.7 Å². The van der Waals surface area contributed by atoms with Crippen LogP contribution < -0.4 is 15.4 Å². The van der Waals surface area contributed by atoms with Gasteiger partial charge in [0.15, 0.2) is 0 Å². The van der Waals surface area contributed by atoms with E-state index < -0.39 is 0 Å². The lowest BCUT2D eigenvalue weighted by Gasteiger charge is -2.08. The third-order valence-electron chi connectivity index (χ3n) is 3.71. The molecule has 0 saturated carbocycles. The molecule has 118 valence electrons. The van der Waals surface area contributed by atoms with Gasteiger partial charge in [-0.25, -0.2) is 9.78 Å². The largest absolute Gasteiger partial charge is 0.497 e. The first kappa shape index (κ1) is 14.9. The summed E-state index contributed by atoms with van der Waals surface area (Å²) in [6.07, 6.45) is 0. The van der Waals surface area contributed by atoms with Gasteiger partial charge in [0.1, 0.15) is 11.6 Å². The van der Waals surface area contributed by atoms with Crippen molar-refractivity contribution in [1.29, 1.82) is 0 Å². The molecule has 1 heterocycles. The van der Waals surface area contributed by atoms with Crippen LogP contribution in [0.1, 0.15) is 5.82 Å². The zero-order valence-electron chi connectivity index (χ0n) is 13.3. The molecule has 0 unspecified atom stereocenters. The smallest absolute Gasteiger partial charge is 0.323 e. The number of anilines is 2. The second-order valence-electron chi connectivity index (χ2n) is 5.23. The molecule has 0 aliphatic rings. The molecule has 1 aromatic heterocycles. The number of aryl methyl sites for hydroxylation is 2. The number of imidazole rings is 1. The predicted octanol–water partition coefficient (Wildman–Crippen LogP) is 3.53. The van der Waals surface area contributed by atoms with Gasteiger partial charge in [-0.05, 0) is 49.4 Å². The van der Waals surface area contributed by atoms with E-state index in [9.17, 15) is 4.79 Å². The number of carbonyl (C=O) groups is 1. The first-order valence-electron chi connectivity index (χ1n) is 7.22.